The molecular formula is C29H55ClF6N4O6. The van der Waals surface area contributed by atoms with E-state index in [2.05, 4.69) is 16.4 Å². The summed E-state index contributed by atoms with van der Waals surface area (Å²) in [6.07, 6.45) is -8.95. The normalized spacial score (nSPS) is 12.1. The van der Waals surface area contributed by atoms with Crippen molar-refractivity contribution in [2.75, 3.05) is 40.0 Å². The van der Waals surface area contributed by atoms with E-state index in [-0.39, 0.29) is 36.3 Å². The molecule has 9 N–H and O–H groups in total. The number of hydrogen-bond donors (Lipinski definition) is 5. The molecule has 0 aliphatic rings. The first-order valence-electron chi connectivity index (χ1n) is 14.3. The van der Waals surface area contributed by atoms with E-state index in [9.17, 15) is 35.9 Å². The summed E-state index contributed by atoms with van der Waals surface area (Å²) in [6.45, 7) is 14.2. The fourth-order valence-electron chi connectivity index (χ4n) is 2.48. The van der Waals surface area contributed by atoms with Crippen LogP contribution in [0.1, 0.15) is 66.4 Å². The number of unbranched alkanes of at least 4 members (excludes halogenated alkanes) is 1. The quantitative estimate of drug-likeness (QED) is 0.161. The Morgan fingerprint density at radius 3 is 1.54 bits per heavy atom. The molecule has 10 nitrogen and oxygen atoms in total. The van der Waals surface area contributed by atoms with Gasteiger partial charge in [-0.25, -0.2) is 0 Å². The van der Waals surface area contributed by atoms with Gasteiger partial charge in [0, 0.05) is 25.3 Å². The van der Waals surface area contributed by atoms with Crippen LogP contribution in [0, 0.1) is 5.92 Å². The number of alkyl halides is 6. The molecule has 0 aliphatic carbocycles. The maximum absolute atomic E-state index is 12.3. The largest absolute Gasteiger partial charge is 0.466 e. The highest BCUT2D eigenvalue weighted by Gasteiger charge is 2.71. The first kappa shape index (κ1) is 53.3. The Balaban J connectivity index is -0.000000163. The molecule has 0 saturated heterocycles. The first-order valence-corrected chi connectivity index (χ1v) is 14.3. The number of carbonyl (C=O) groups is 2. The number of ether oxygens (including phenoxy) is 3. The van der Waals surface area contributed by atoms with E-state index in [1.54, 1.807) is 27.9 Å². The Bertz CT molecular complexity index is 828. The fourth-order valence-corrected chi connectivity index (χ4v) is 2.48. The summed E-state index contributed by atoms with van der Waals surface area (Å²) in [4.78, 5) is 21.4. The van der Waals surface area contributed by atoms with Crippen LogP contribution < -0.4 is 22.9 Å². The average Bonchev–Trinajstić information content (AvgIpc) is 2.93. The van der Waals surface area contributed by atoms with Gasteiger partial charge in [0.1, 0.15) is 6.04 Å². The van der Waals surface area contributed by atoms with E-state index >= 15 is 0 Å². The third-order valence-corrected chi connectivity index (χ3v) is 4.96. The molecule has 0 bridgehead atoms. The number of hydrogen-bond acceptors (Lipinski definition) is 10. The molecule has 1 aromatic carbocycles. The number of methoxy groups -OCH3 is 1. The van der Waals surface area contributed by atoms with Gasteiger partial charge in [-0.3, -0.25) is 9.59 Å². The van der Waals surface area contributed by atoms with Crippen LogP contribution in [0.15, 0.2) is 30.3 Å². The third kappa shape index (κ3) is 25.9. The Morgan fingerprint density at radius 2 is 1.30 bits per heavy atom. The standard InChI is InChI=1S/C9H6F6O.C7H15NO2.C6H13NO2.C4H11N.C3H9NO.ClH/c10-8(11,12)7(16,9(13,14)15)6-4-2-1-3-5-6;1-4-10-7(9)6(8)5(2)3;1-3-9-6(8)4-5(2)7;1-2-3-4-5;1-5-3-2-4;/h1-5,16H;5-6H,4,8H2,1-3H3;5H,3-4,7H2,1-2H3;2-5H2,1H3;2-4H2,1H3;1H/t;6-;;;;/m.0..../s1. The zero-order chi connectivity index (χ0) is 36.3. The van der Waals surface area contributed by atoms with Gasteiger partial charge in [0.25, 0.3) is 5.60 Å². The summed E-state index contributed by atoms with van der Waals surface area (Å²) < 4.78 is 87.8. The number of halogens is 7. The highest BCUT2D eigenvalue weighted by molar-refractivity contribution is 5.85. The van der Waals surface area contributed by atoms with Gasteiger partial charge < -0.3 is 42.3 Å². The smallest absolute Gasteiger partial charge is 0.430 e. The SMILES string of the molecule is CCCCN.CCOC(=O)CC(C)N.CCOC(=O)[C@@H](N)C(C)C.COCCN.Cl.OC(c1ccccc1)(C(F)(F)F)C(F)(F)F. The minimum Gasteiger partial charge on any atom is -0.466 e. The molecule has 0 saturated carbocycles. The van der Waals surface area contributed by atoms with E-state index in [4.69, 9.17) is 32.8 Å². The first-order chi connectivity index (χ1) is 20.7. The highest BCUT2D eigenvalue weighted by atomic mass is 35.5. The second-order valence-electron chi connectivity index (χ2n) is 9.50. The monoisotopic (exact) mass is 704 g/mol. The predicted molar refractivity (Wildman–Crippen MR) is 169 cm³/mol. The minimum atomic E-state index is -5.83. The molecule has 0 fully saturated rings. The lowest BCUT2D eigenvalue weighted by Gasteiger charge is -2.32. The van der Waals surface area contributed by atoms with Crippen LogP contribution in [-0.2, 0) is 29.4 Å². The zero-order valence-corrected chi connectivity index (χ0v) is 28.6. The van der Waals surface area contributed by atoms with Crippen molar-refractivity contribution in [1.82, 2.24) is 0 Å². The van der Waals surface area contributed by atoms with Gasteiger partial charge in [0.2, 0.25) is 0 Å². The van der Waals surface area contributed by atoms with E-state index < -0.39 is 29.6 Å². The van der Waals surface area contributed by atoms with Crippen LogP contribution in [0.3, 0.4) is 0 Å². The van der Waals surface area contributed by atoms with Crippen molar-refractivity contribution in [2.24, 2.45) is 28.9 Å². The summed E-state index contributed by atoms with van der Waals surface area (Å²) in [5.74, 6) is -0.371. The fraction of sp³-hybridized carbons (Fsp3) is 0.724. The van der Waals surface area contributed by atoms with Gasteiger partial charge in [0.05, 0.1) is 26.2 Å². The van der Waals surface area contributed by atoms with Gasteiger partial charge in [-0.05, 0) is 39.7 Å². The van der Waals surface area contributed by atoms with Gasteiger partial charge in [0.15, 0.2) is 0 Å². The Labute approximate surface area is 275 Å². The molecule has 0 aliphatic heterocycles. The van der Waals surface area contributed by atoms with E-state index in [1.807, 2.05) is 13.8 Å². The average molecular weight is 705 g/mol. The lowest BCUT2D eigenvalue weighted by Crippen LogP contribution is -2.53. The molecule has 17 heteroatoms. The third-order valence-electron chi connectivity index (χ3n) is 4.96. The molecule has 2 atom stereocenters. The van der Waals surface area contributed by atoms with Crippen LogP contribution in [0.25, 0.3) is 0 Å². The molecule has 0 amide bonds. The van der Waals surface area contributed by atoms with Crippen molar-refractivity contribution < 1.29 is 55.2 Å². The van der Waals surface area contributed by atoms with Gasteiger partial charge >= 0.3 is 24.3 Å². The van der Waals surface area contributed by atoms with Crippen molar-refractivity contribution in [1.29, 1.82) is 0 Å². The van der Waals surface area contributed by atoms with Crippen LogP contribution in [0.5, 0.6) is 0 Å². The molecule has 0 aromatic heterocycles. The van der Waals surface area contributed by atoms with Crippen LogP contribution in [0.2, 0.25) is 0 Å². The number of carbonyl (C=O) groups excluding carboxylic acids is 2. The van der Waals surface area contributed by atoms with Gasteiger partial charge in [-0.2, -0.15) is 26.3 Å². The Hall–Kier alpha value is -2.21. The number of aliphatic hydroxyl groups is 1. The van der Waals surface area contributed by atoms with E-state index in [0.717, 1.165) is 18.7 Å². The lowest BCUT2D eigenvalue weighted by atomic mass is 9.92. The molecular weight excluding hydrogens is 650 g/mol. The van der Waals surface area contributed by atoms with E-state index in [1.165, 1.54) is 18.9 Å². The molecule has 1 rings (SSSR count). The lowest BCUT2D eigenvalue weighted by molar-refractivity contribution is -0.376. The van der Waals surface area contributed by atoms with Crippen LogP contribution >= 0.6 is 12.4 Å². The number of esters is 2. The van der Waals surface area contributed by atoms with Crippen LogP contribution in [-0.4, -0.2) is 81.5 Å². The van der Waals surface area contributed by atoms with Crippen molar-refractivity contribution in [3.05, 3.63) is 35.9 Å². The number of benzene rings is 1. The summed E-state index contributed by atoms with van der Waals surface area (Å²) in [6, 6.07) is 3.79. The molecule has 0 spiro atoms. The number of rotatable bonds is 11. The molecule has 1 unspecified atom stereocenters. The summed E-state index contributed by atoms with van der Waals surface area (Å²) in [5.41, 5.74) is 14.9. The highest BCUT2D eigenvalue weighted by Crippen LogP contribution is 2.49. The molecule has 276 valence electrons. The van der Waals surface area contributed by atoms with Gasteiger partial charge in [-0.1, -0.05) is 57.5 Å². The maximum Gasteiger partial charge on any atom is 0.430 e. The maximum atomic E-state index is 12.3. The van der Waals surface area contributed by atoms with Crippen molar-refractivity contribution in [3.63, 3.8) is 0 Å². The predicted octanol–water partition coefficient (Wildman–Crippen LogP) is 4.58. The second kappa shape index (κ2) is 30.1. The van der Waals surface area contributed by atoms with Crippen LogP contribution in [0.4, 0.5) is 26.3 Å². The molecule has 0 heterocycles. The second-order valence-corrected chi connectivity index (χ2v) is 9.50. The van der Waals surface area contributed by atoms with Crippen molar-refractivity contribution >= 4 is 24.3 Å². The Morgan fingerprint density at radius 1 is 0.848 bits per heavy atom. The zero-order valence-electron chi connectivity index (χ0n) is 27.7. The molecule has 1 aromatic rings. The molecule has 46 heavy (non-hydrogen) atoms. The van der Waals surface area contributed by atoms with Crippen molar-refractivity contribution in [2.45, 2.75) is 90.8 Å². The Kier molecular flexibility index (Phi) is 34.9. The van der Waals surface area contributed by atoms with E-state index in [0.29, 0.717) is 44.9 Å². The topological polar surface area (TPSA) is 186 Å². The molecule has 0 radical (unpaired) electrons. The van der Waals surface area contributed by atoms with Gasteiger partial charge in [-0.15, -0.1) is 12.4 Å². The summed E-state index contributed by atoms with van der Waals surface area (Å²) in [5, 5.41) is 8.91. The number of nitrogens with two attached hydrogens (primary N) is 4. The summed E-state index contributed by atoms with van der Waals surface area (Å²) in [7, 11) is 1.63. The summed E-state index contributed by atoms with van der Waals surface area (Å²) >= 11 is 0. The van der Waals surface area contributed by atoms with Crippen molar-refractivity contribution in [3.8, 4) is 0 Å². The minimum absolute atomic E-state index is 0.